The molecule has 0 N–H and O–H groups in total. The molecule has 21 heavy (non-hydrogen) atoms. The first-order valence-electron chi connectivity index (χ1n) is 6.75. The topological polar surface area (TPSA) is 36.3 Å². The Hall–Kier alpha value is -0.880. The van der Waals surface area contributed by atoms with Gasteiger partial charge in [-0.1, -0.05) is 11.6 Å². The third kappa shape index (κ3) is 3.01. The smallest absolute Gasteiger partial charge is 0.144 e. The third-order valence-corrected chi connectivity index (χ3v) is 3.93. The van der Waals surface area contributed by atoms with Crippen LogP contribution in [0, 0.1) is 5.82 Å². The molecule has 2 heterocycles. The van der Waals surface area contributed by atoms with E-state index in [2.05, 4.69) is 4.98 Å². The lowest BCUT2D eigenvalue weighted by molar-refractivity contribution is -0.0934. The first kappa shape index (κ1) is 15.0. The van der Waals surface area contributed by atoms with Gasteiger partial charge in [-0.25, -0.2) is 9.37 Å². The van der Waals surface area contributed by atoms with E-state index in [0.717, 1.165) is 0 Å². The van der Waals surface area contributed by atoms with Gasteiger partial charge >= 0.3 is 0 Å². The van der Waals surface area contributed by atoms with Crippen molar-refractivity contribution in [3.05, 3.63) is 28.8 Å². The Morgan fingerprint density at radius 2 is 2.29 bits per heavy atom. The number of rotatable bonds is 3. The van der Waals surface area contributed by atoms with Crippen LogP contribution in [0.2, 0.25) is 5.02 Å². The number of benzene rings is 1. The minimum Gasteiger partial charge on any atom is -0.376 e. The van der Waals surface area contributed by atoms with E-state index < -0.39 is 5.82 Å². The first-order chi connectivity index (χ1) is 10.1. The van der Waals surface area contributed by atoms with Crippen LogP contribution in [-0.2, 0) is 16.0 Å². The van der Waals surface area contributed by atoms with Gasteiger partial charge in [-0.05, 0) is 13.0 Å². The van der Waals surface area contributed by atoms with Crippen LogP contribution in [0.5, 0.6) is 0 Å². The Balaban J connectivity index is 2.04. The molecule has 1 aliphatic rings. The van der Waals surface area contributed by atoms with Crippen molar-refractivity contribution in [3.63, 3.8) is 0 Å². The molecule has 0 bridgehead atoms. The van der Waals surface area contributed by atoms with Gasteiger partial charge in [-0.15, -0.1) is 11.6 Å². The zero-order valence-corrected chi connectivity index (χ0v) is 13.0. The number of hydrogen-bond donors (Lipinski definition) is 0. The summed E-state index contributed by atoms with van der Waals surface area (Å²) in [6.07, 6.45) is -0.0935. The Morgan fingerprint density at radius 1 is 1.48 bits per heavy atom. The van der Waals surface area contributed by atoms with E-state index in [0.29, 0.717) is 43.2 Å². The predicted molar refractivity (Wildman–Crippen MR) is 79.5 cm³/mol. The highest BCUT2D eigenvalue weighted by atomic mass is 35.5. The molecule has 4 nitrogen and oxygen atoms in total. The van der Waals surface area contributed by atoms with Crippen molar-refractivity contribution >= 4 is 34.2 Å². The SMILES string of the molecule is CC(Cl)c1nc2cc(Cl)c(F)cc2n1CC1COCCO1. The Bertz CT molecular complexity index is 654. The summed E-state index contributed by atoms with van der Waals surface area (Å²) < 4.78 is 26.7. The zero-order valence-electron chi connectivity index (χ0n) is 11.5. The van der Waals surface area contributed by atoms with E-state index in [4.69, 9.17) is 32.7 Å². The maximum atomic E-state index is 13.8. The summed E-state index contributed by atoms with van der Waals surface area (Å²) in [5.41, 5.74) is 1.29. The van der Waals surface area contributed by atoms with E-state index in [1.54, 1.807) is 0 Å². The van der Waals surface area contributed by atoms with Crippen LogP contribution < -0.4 is 0 Å². The summed E-state index contributed by atoms with van der Waals surface area (Å²) in [6.45, 7) is 4.01. The minimum absolute atomic E-state index is 0.0539. The molecule has 1 aliphatic heterocycles. The number of aromatic nitrogens is 2. The highest BCUT2D eigenvalue weighted by molar-refractivity contribution is 6.31. The van der Waals surface area contributed by atoms with Gasteiger partial charge in [0.1, 0.15) is 11.6 Å². The number of nitrogens with zero attached hydrogens (tertiary/aromatic N) is 2. The fourth-order valence-corrected chi connectivity index (χ4v) is 2.80. The van der Waals surface area contributed by atoms with Crippen LogP contribution in [-0.4, -0.2) is 35.5 Å². The molecule has 2 unspecified atom stereocenters. The molecule has 1 aromatic heterocycles. The van der Waals surface area contributed by atoms with E-state index in [1.165, 1.54) is 12.1 Å². The van der Waals surface area contributed by atoms with Gasteiger partial charge in [0.2, 0.25) is 0 Å². The second-order valence-corrected chi connectivity index (χ2v) is 6.08. The molecule has 0 aliphatic carbocycles. The molecule has 7 heteroatoms. The first-order valence-corrected chi connectivity index (χ1v) is 7.56. The third-order valence-electron chi connectivity index (χ3n) is 3.45. The average Bonchev–Trinajstić information content (AvgIpc) is 2.79. The molecule has 0 radical (unpaired) electrons. The van der Waals surface area contributed by atoms with Crippen molar-refractivity contribution in [3.8, 4) is 0 Å². The number of imidazole rings is 1. The number of ether oxygens (including phenoxy) is 2. The van der Waals surface area contributed by atoms with Crippen molar-refractivity contribution in [2.24, 2.45) is 0 Å². The van der Waals surface area contributed by atoms with Crippen LogP contribution in [0.15, 0.2) is 12.1 Å². The fourth-order valence-electron chi connectivity index (χ4n) is 2.48. The molecule has 1 saturated heterocycles. The molecule has 114 valence electrons. The van der Waals surface area contributed by atoms with Crippen molar-refractivity contribution in [2.45, 2.75) is 24.9 Å². The van der Waals surface area contributed by atoms with Gasteiger partial charge in [0.05, 0.1) is 53.9 Å². The number of fused-ring (bicyclic) bond motifs is 1. The molecular weight excluding hydrogens is 318 g/mol. The van der Waals surface area contributed by atoms with E-state index in [1.807, 2.05) is 11.5 Å². The minimum atomic E-state index is -0.472. The molecule has 0 saturated carbocycles. The van der Waals surface area contributed by atoms with E-state index in [-0.39, 0.29) is 16.5 Å². The number of hydrogen-bond acceptors (Lipinski definition) is 3. The zero-order chi connectivity index (χ0) is 15.0. The van der Waals surface area contributed by atoms with Crippen molar-refractivity contribution < 1.29 is 13.9 Å². The van der Waals surface area contributed by atoms with Crippen LogP contribution >= 0.6 is 23.2 Å². The quantitative estimate of drug-likeness (QED) is 0.806. The average molecular weight is 333 g/mol. The normalized spacial score (nSPS) is 20.9. The summed E-state index contributed by atoms with van der Waals surface area (Å²) >= 11 is 12.0. The molecule has 0 spiro atoms. The summed E-state index contributed by atoms with van der Waals surface area (Å²) in [6, 6.07) is 2.90. The Morgan fingerprint density at radius 3 is 2.95 bits per heavy atom. The molecule has 2 atom stereocenters. The summed E-state index contributed by atoms with van der Waals surface area (Å²) in [5.74, 6) is 0.197. The Kier molecular flexibility index (Phi) is 4.36. The maximum Gasteiger partial charge on any atom is 0.144 e. The molecule has 3 rings (SSSR count). The van der Waals surface area contributed by atoms with Crippen LogP contribution in [0.4, 0.5) is 4.39 Å². The monoisotopic (exact) mass is 332 g/mol. The van der Waals surface area contributed by atoms with Gasteiger partial charge in [0, 0.05) is 6.07 Å². The van der Waals surface area contributed by atoms with E-state index >= 15 is 0 Å². The molecule has 2 aromatic rings. The van der Waals surface area contributed by atoms with E-state index in [9.17, 15) is 4.39 Å². The second-order valence-electron chi connectivity index (χ2n) is 5.02. The fraction of sp³-hybridized carbons (Fsp3) is 0.500. The van der Waals surface area contributed by atoms with Crippen molar-refractivity contribution in [1.29, 1.82) is 0 Å². The largest absolute Gasteiger partial charge is 0.376 e. The number of alkyl halides is 1. The molecule has 0 amide bonds. The van der Waals surface area contributed by atoms with Crippen molar-refractivity contribution in [2.75, 3.05) is 19.8 Å². The van der Waals surface area contributed by atoms with Gasteiger partial charge in [-0.3, -0.25) is 0 Å². The summed E-state index contributed by atoms with van der Waals surface area (Å²) in [5, 5.41) is -0.248. The second kappa shape index (κ2) is 6.08. The molecular formula is C14H15Cl2FN2O2. The predicted octanol–water partition coefficient (Wildman–Crippen LogP) is 3.54. The standard InChI is InChI=1S/C14H15Cl2FN2O2/c1-8(15)14-18-12-4-10(16)11(17)5-13(12)19(14)6-9-7-20-2-3-21-9/h4-5,8-9H,2-3,6-7H2,1H3. The van der Waals surface area contributed by atoms with Gasteiger partial charge < -0.3 is 14.0 Å². The lowest BCUT2D eigenvalue weighted by Gasteiger charge is -2.24. The lowest BCUT2D eigenvalue weighted by atomic mass is 10.3. The van der Waals surface area contributed by atoms with Crippen LogP contribution in [0.1, 0.15) is 18.1 Å². The number of halogens is 3. The van der Waals surface area contributed by atoms with Gasteiger partial charge in [0.15, 0.2) is 0 Å². The van der Waals surface area contributed by atoms with Gasteiger partial charge in [0.25, 0.3) is 0 Å². The van der Waals surface area contributed by atoms with Crippen LogP contribution in [0.25, 0.3) is 11.0 Å². The lowest BCUT2D eigenvalue weighted by Crippen LogP contribution is -2.32. The highest BCUT2D eigenvalue weighted by Crippen LogP contribution is 2.28. The molecule has 1 fully saturated rings. The molecule has 1 aromatic carbocycles. The summed E-state index contributed by atoms with van der Waals surface area (Å²) in [7, 11) is 0. The Labute approximate surface area is 131 Å². The van der Waals surface area contributed by atoms with Crippen molar-refractivity contribution in [1.82, 2.24) is 9.55 Å². The maximum absolute atomic E-state index is 13.8. The van der Waals surface area contributed by atoms with Gasteiger partial charge in [-0.2, -0.15) is 0 Å². The summed E-state index contributed by atoms with van der Waals surface area (Å²) in [4.78, 5) is 4.46. The highest BCUT2D eigenvalue weighted by Gasteiger charge is 2.22. The van der Waals surface area contributed by atoms with Crippen LogP contribution in [0.3, 0.4) is 0 Å².